The molecule has 1 saturated carbocycles. The summed E-state index contributed by atoms with van der Waals surface area (Å²) in [4.78, 5) is 4.49. The van der Waals surface area contributed by atoms with Gasteiger partial charge in [0.05, 0.1) is 0 Å². The van der Waals surface area contributed by atoms with Crippen LogP contribution in [-0.4, -0.2) is 11.0 Å². The van der Waals surface area contributed by atoms with Crippen molar-refractivity contribution >= 4 is 11.3 Å². The zero-order valence-electron chi connectivity index (χ0n) is 10.5. The van der Waals surface area contributed by atoms with Gasteiger partial charge >= 0.3 is 0 Å². The molecule has 0 saturated heterocycles. The summed E-state index contributed by atoms with van der Waals surface area (Å²) in [6.45, 7) is 7.72. The highest BCUT2D eigenvalue weighted by Crippen LogP contribution is 2.33. The van der Waals surface area contributed by atoms with Crippen molar-refractivity contribution in [3.8, 4) is 0 Å². The molecular formula is C13H22N2S. The SMILES string of the molecule is CCC1CCC(NCc2nc(C)cs2)C1C. The molecule has 0 aliphatic heterocycles. The Morgan fingerprint density at radius 2 is 2.31 bits per heavy atom. The van der Waals surface area contributed by atoms with Gasteiger partial charge in [0.25, 0.3) is 0 Å². The minimum absolute atomic E-state index is 0.703. The van der Waals surface area contributed by atoms with E-state index in [1.165, 1.54) is 24.3 Å². The quantitative estimate of drug-likeness (QED) is 0.870. The molecule has 0 aromatic carbocycles. The molecule has 0 radical (unpaired) electrons. The number of aryl methyl sites for hydroxylation is 1. The molecule has 2 nitrogen and oxygen atoms in total. The summed E-state index contributed by atoms with van der Waals surface area (Å²) in [6, 6.07) is 0.703. The third kappa shape index (κ3) is 2.64. The van der Waals surface area contributed by atoms with E-state index in [9.17, 15) is 0 Å². The third-order valence-corrected chi connectivity index (χ3v) is 4.90. The Hall–Kier alpha value is -0.410. The summed E-state index contributed by atoms with van der Waals surface area (Å²) < 4.78 is 0. The van der Waals surface area contributed by atoms with Crippen molar-refractivity contribution in [1.29, 1.82) is 0 Å². The van der Waals surface area contributed by atoms with Crippen LogP contribution in [0.1, 0.15) is 43.8 Å². The summed E-state index contributed by atoms with van der Waals surface area (Å²) in [5.41, 5.74) is 1.15. The van der Waals surface area contributed by atoms with Gasteiger partial charge in [-0.15, -0.1) is 11.3 Å². The molecular weight excluding hydrogens is 216 g/mol. The zero-order chi connectivity index (χ0) is 11.5. The molecule has 0 amide bonds. The molecule has 90 valence electrons. The fourth-order valence-corrected chi connectivity index (χ4v) is 3.54. The molecule has 3 heteroatoms. The van der Waals surface area contributed by atoms with E-state index in [0.29, 0.717) is 6.04 Å². The van der Waals surface area contributed by atoms with Crippen LogP contribution in [0.15, 0.2) is 5.38 Å². The molecule has 1 fully saturated rings. The average Bonchev–Trinajstić information content (AvgIpc) is 2.83. The van der Waals surface area contributed by atoms with Crippen LogP contribution in [-0.2, 0) is 6.54 Å². The zero-order valence-corrected chi connectivity index (χ0v) is 11.3. The summed E-state index contributed by atoms with van der Waals surface area (Å²) in [5, 5.41) is 7.03. The van der Waals surface area contributed by atoms with Gasteiger partial charge in [0, 0.05) is 23.7 Å². The smallest absolute Gasteiger partial charge is 0.107 e. The van der Waals surface area contributed by atoms with E-state index in [2.05, 4.69) is 36.5 Å². The summed E-state index contributed by atoms with van der Waals surface area (Å²) >= 11 is 1.77. The molecule has 1 heterocycles. The number of aromatic nitrogens is 1. The molecule has 1 aliphatic carbocycles. The summed E-state index contributed by atoms with van der Waals surface area (Å²) in [7, 11) is 0. The van der Waals surface area contributed by atoms with E-state index in [-0.39, 0.29) is 0 Å². The minimum atomic E-state index is 0.703. The second-order valence-corrected chi connectivity index (χ2v) is 5.92. The van der Waals surface area contributed by atoms with Crippen molar-refractivity contribution in [2.24, 2.45) is 11.8 Å². The van der Waals surface area contributed by atoms with E-state index in [1.54, 1.807) is 11.3 Å². The minimum Gasteiger partial charge on any atom is -0.307 e. The highest BCUT2D eigenvalue weighted by molar-refractivity contribution is 7.09. The predicted molar refractivity (Wildman–Crippen MR) is 69.7 cm³/mol. The normalized spacial score (nSPS) is 29.8. The first-order chi connectivity index (χ1) is 7.70. The lowest BCUT2D eigenvalue weighted by molar-refractivity contribution is 0.344. The fourth-order valence-electron chi connectivity index (χ4n) is 2.81. The Labute approximate surface area is 102 Å². The van der Waals surface area contributed by atoms with Gasteiger partial charge in [-0.3, -0.25) is 0 Å². The molecule has 16 heavy (non-hydrogen) atoms. The highest BCUT2D eigenvalue weighted by Gasteiger charge is 2.30. The van der Waals surface area contributed by atoms with Gasteiger partial charge in [-0.25, -0.2) is 4.98 Å². The monoisotopic (exact) mass is 238 g/mol. The first kappa shape index (κ1) is 12.1. The number of hydrogen-bond acceptors (Lipinski definition) is 3. The molecule has 1 aromatic heterocycles. The molecule has 0 spiro atoms. The van der Waals surface area contributed by atoms with Crippen LogP contribution in [0.2, 0.25) is 0 Å². The van der Waals surface area contributed by atoms with E-state index < -0.39 is 0 Å². The van der Waals surface area contributed by atoms with E-state index in [0.717, 1.165) is 24.1 Å². The summed E-state index contributed by atoms with van der Waals surface area (Å²) in [5.74, 6) is 1.75. The number of hydrogen-bond donors (Lipinski definition) is 1. The van der Waals surface area contributed by atoms with Crippen molar-refractivity contribution in [3.05, 3.63) is 16.1 Å². The molecule has 3 atom stereocenters. The summed E-state index contributed by atoms with van der Waals surface area (Å²) in [6.07, 6.45) is 4.06. The van der Waals surface area contributed by atoms with Crippen molar-refractivity contribution in [3.63, 3.8) is 0 Å². The van der Waals surface area contributed by atoms with Gasteiger partial charge in [0.2, 0.25) is 0 Å². The van der Waals surface area contributed by atoms with E-state index in [4.69, 9.17) is 0 Å². The fraction of sp³-hybridized carbons (Fsp3) is 0.769. The maximum absolute atomic E-state index is 4.49. The molecule has 1 aliphatic rings. The third-order valence-electron chi connectivity index (χ3n) is 3.93. The van der Waals surface area contributed by atoms with E-state index >= 15 is 0 Å². The lowest BCUT2D eigenvalue weighted by atomic mass is 9.93. The molecule has 2 rings (SSSR count). The van der Waals surface area contributed by atoms with Gasteiger partial charge in [0.1, 0.15) is 5.01 Å². The Morgan fingerprint density at radius 3 is 2.88 bits per heavy atom. The number of nitrogens with zero attached hydrogens (tertiary/aromatic N) is 1. The second-order valence-electron chi connectivity index (χ2n) is 4.97. The molecule has 0 bridgehead atoms. The molecule has 1 aromatic rings. The number of rotatable bonds is 4. The van der Waals surface area contributed by atoms with Gasteiger partial charge in [-0.2, -0.15) is 0 Å². The van der Waals surface area contributed by atoms with E-state index in [1.807, 2.05) is 0 Å². The van der Waals surface area contributed by atoms with Gasteiger partial charge < -0.3 is 5.32 Å². The molecule has 1 N–H and O–H groups in total. The van der Waals surface area contributed by atoms with Crippen molar-refractivity contribution in [2.45, 2.75) is 52.6 Å². The maximum Gasteiger partial charge on any atom is 0.107 e. The second kappa shape index (κ2) is 5.28. The highest BCUT2D eigenvalue weighted by atomic mass is 32.1. The first-order valence-corrected chi connectivity index (χ1v) is 7.23. The van der Waals surface area contributed by atoms with Crippen molar-refractivity contribution in [1.82, 2.24) is 10.3 Å². The van der Waals surface area contributed by atoms with Gasteiger partial charge in [-0.05, 0) is 31.6 Å². The van der Waals surface area contributed by atoms with Crippen LogP contribution in [0.5, 0.6) is 0 Å². The maximum atomic E-state index is 4.49. The lowest BCUT2D eigenvalue weighted by Gasteiger charge is -2.20. The Morgan fingerprint density at radius 1 is 1.50 bits per heavy atom. The topological polar surface area (TPSA) is 24.9 Å². The number of nitrogens with one attached hydrogen (secondary N) is 1. The Kier molecular flexibility index (Phi) is 3.98. The van der Waals surface area contributed by atoms with Gasteiger partial charge in [0.15, 0.2) is 0 Å². The van der Waals surface area contributed by atoms with Gasteiger partial charge in [-0.1, -0.05) is 20.3 Å². The van der Waals surface area contributed by atoms with Crippen LogP contribution >= 0.6 is 11.3 Å². The van der Waals surface area contributed by atoms with Crippen LogP contribution in [0.4, 0.5) is 0 Å². The van der Waals surface area contributed by atoms with Crippen molar-refractivity contribution < 1.29 is 0 Å². The Bertz CT molecular complexity index is 334. The molecule has 3 unspecified atom stereocenters. The van der Waals surface area contributed by atoms with Crippen LogP contribution in [0.3, 0.4) is 0 Å². The first-order valence-electron chi connectivity index (χ1n) is 6.35. The number of thiazole rings is 1. The largest absolute Gasteiger partial charge is 0.307 e. The standard InChI is InChI=1S/C13H22N2S/c1-4-11-5-6-12(10(11)3)14-7-13-15-9(2)8-16-13/h8,10-12,14H,4-7H2,1-3H3. The van der Waals surface area contributed by atoms with Crippen LogP contribution in [0.25, 0.3) is 0 Å². The lowest BCUT2D eigenvalue weighted by Crippen LogP contribution is -2.32. The average molecular weight is 238 g/mol. The van der Waals surface area contributed by atoms with Crippen LogP contribution < -0.4 is 5.32 Å². The Balaban J connectivity index is 1.83. The van der Waals surface area contributed by atoms with Crippen molar-refractivity contribution in [2.75, 3.05) is 0 Å². The predicted octanol–water partition coefficient (Wildman–Crippen LogP) is 3.37. The van der Waals surface area contributed by atoms with Crippen LogP contribution in [0, 0.1) is 18.8 Å².